The van der Waals surface area contributed by atoms with Gasteiger partial charge in [0.05, 0.1) is 0 Å². The molecular weight excluding hydrogens is 372 g/mol. The summed E-state index contributed by atoms with van der Waals surface area (Å²) in [6.45, 7) is 1.94. The first-order chi connectivity index (χ1) is 13.5. The fraction of sp³-hybridized carbons (Fsp3) is 0.0435. The molecule has 0 saturated carbocycles. The number of hydrogen-bond donors (Lipinski definition) is 2. The molecular formula is C23H19ClN2O2. The van der Waals surface area contributed by atoms with Crippen LogP contribution >= 0.6 is 11.6 Å². The molecule has 3 rings (SSSR count). The number of carbonyl (C=O) groups is 2. The molecule has 0 spiro atoms. The van der Waals surface area contributed by atoms with Gasteiger partial charge < -0.3 is 10.6 Å². The molecule has 0 atom stereocenters. The highest BCUT2D eigenvalue weighted by molar-refractivity contribution is 6.30. The van der Waals surface area contributed by atoms with Gasteiger partial charge in [-0.2, -0.15) is 0 Å². The van der Waals surface area contributed by atoms with E-state index in [1.165, 1.54) is 6.08 Å². The average Bonchev–Trinajstić information content (AvgIpc) is 2.69. The molecule has 0 heterocycles. The second-order valence-corrected chi connectivity index (χ2v) is 6.71. The van der Waals surface area contributed by atoms with Crippen LogP contribution in [0.25, 0.3) is 6.08 Å². The number of aryl methyl sites for hydroxylation is 1. The maximum Gasteiger partial charge on any atom is 0.255 e. The van der Waals surface area contributed by atoms with E-state index in [0.29, 0.717) is 22.0 Å². The summed E-state index contributed by atoms with van der Waals surface area (Å²) in [4.78, 5) is 24.3. The van der Waals surface area contributed by atoms with Gasteiger partial charge in [-0.15, -0.1) is 0 Å². The number of anilines is 2. The van der Waals surface area contributed by atoms with E-state index in [-0.39, 0.29) is 11.8 Å². The van der Waals surface area contributed by atoms with Crippen LogP contribution in [0.3, 0.4) is 0 Å². The largest absolute Gasteiger partial charge is 0.323 e. The van der Waals surface area contributed by atoms with Gasteiger partial charge in [0.15, 0.2) is 0 Å². The molecule has 0 saturated heterocycles. The molecule has 0 radical (unpaired) electrons. The van der Waals surface area contributed by atoms with Crippen LogP contribution in [0.4, 0.5) is 11.4 Å². The predicted molar refractivity (Wildman–Crippen MR) is 115 cm³/mol. The molecule has 0 aromatic heterocycles. The van der Waals surface area contributed by atoms with Crippen molar-refractivity contribution < 1.29 is 9.59 Å². The van der Waals surface area contributed by atoms with E-state index in [0.717, 1.165) is 11.1 Å². The third kappa shape index (κ3) is 5.56. The number of hydrogen-bond acceptors (Lipinski definition) is 2. The fourth-order valence-corrected chi connectivity index (χ4v) is 2.68. The number of rotatable bonds is 5. The van der Waals surface area contributed by atoms with E-state index in [9.17, 15) is 9.59 Å². The van der Waals surface area contributed by atoms with Crippen molar-refractivity contribution >= 4 is 40.9 Å². The van der Waals surface area contributed by atoms with E-state index in [4.69, 9.17) is 11.6 Å². The van der Waals surface area contributed by atoms with Crippen molar-refractivity contribution in [3.63, 3.8) is 0 Å². The minimum Gasteiger partial charge on any atom is -0.323 e. The Morgan fingerprint density at radius 3 is 2.14 bits per heavy atom. The van der Waals surface area contributed by atoms with E-state index in [1.807, 2.05) is 37.3 Å². The molecule has 0 aliphatic carbocycles. The topological polar surface area (TPSA) is 58.2 Å². The first kappa shape index (κ1) is 19.4. The highest BCUT2D eigenvalue weighted by Crippen LogP contribution is 2.16. The highest BCUT2D eigenvalue weighted by Gasteiger charge is 2.06. The van der Waals surface area contributed by atoms with E-state index in [2.05, 4.69) is 10.6 Å². The number of halogens is 1. The summed E-state index contributed by atoms with van der Waals surface area (Å²) < 4.78 is 0. The Bertz CT molecular complexity index is 1010. The van der Waals surface area contributed by atoms with Gasteiger partial charge >= 0.3 is 0 Å². The minimum absolute atomic E-state index is 0.175. The van der Waals surface area contributed by atoms with Crippen molar-refractivity contribution in [3.05, 3.63) is 101 Å². The van der Waals surface area contributed by atoms with Crippen LogP contribution in [-0.2, 0) is 4.79 Å². The van der Waals surface area contributed by atoms with E-state index < -0.39 is 0 Å². The summed E-state index contributed by atoms with van der Waals surface area (Å²) in [5.74, 6) is -0.419. The Hall–Kier alpha value is -3.37. The maximum absolute atomic E-state index is 12.3. The Balaban J connectivity index is 1.57. The predicted octanol–water partition coefficient (Wildman–Crippen LogP) is 5.55. The molecule has 3 aromatic rings. The van der Waals surface area contributed by atoms with Crippen LogP contribution in [0.2, 0.25) is 5.02 Å². The number of nitrogens with one attached hydrogen (secondary N) is 2. The van der Waals surface area contributed by atoms with Crippen LogP contribution in [0.15, 0.2) is 78.9 Å². The lowest BCUT2D eigenvalue weighted by atomic mass is 10.1. The Morgan fingerprint density at radius 1 is 0.857 bits per heavy atom. The number of amides is 2. The van der Waals surface area contributed by atoms with Crippen molar-refractivity contribution in [1.29, 1.82) is 0 Å². The zero-order valence-electron chi connectivity index (χ0n) is 15.3. The van der Waals surface area contributed by atoms with Crippen LogP contribution < -0.4 is 10.6 Å². The normalized spacial score (nSPS) is 10.6. The Morgan fingerprint density at radius 2 is 1.50 bits per heavy atom. The zero-order chi connectivity index (χ0) is 19.9. The smallest absolute Gasteiger partial charge is 0.255 e. The van der Waals surface area contributed by atoms with Gasteiger partial charge in [0.1, 0.15) is 0 Å². The maximum atomic E-state index is 12.3. The third-order valence-electron chi connectivity index (χ3n) is 3.99. The van der Waals surface area contributed by atoms with Gasteiger partial charge in [0.25, 0.3) is 5.91 Å². The molecule has 0 bridgehead atoms. The van der Waals surface area contributed by atoms with Crippen molar-refractivity contribution in [3.8, 4) is 0 Å². The molecule has 2 amide bonds. The summed E-state index contributed by atoms with van der Waals surface area (Å²) in [6.07, 6.45) is 3.17. The highest BCUT2D eigenvalue weighted by atomic mass is 35.5. The first-order valence-electron chi connectivity index (χ1n) is 8.72. The van der Waals surface area contributed by atoms with Crippen molar-refractivity contribution in [2.75, 3.05) is 10.6 Å². The van der Waals surface area contributed by atoms with E-state index in [1.54, 1.807) is 48.5 Å². The van der Waals surface area contributed by atoms with Gasteiger partial charge in [-0.05, 0) is 67.1 Å². The zero-order valence-corrected chi connectivity index (χ0v) is 16.0. The first-order valence-corrected chi connectivity index (χ1v) is 9.10. The Labute approximate surface area is 168 Å². The average molecular weight is 391 g/mol. The summed E-state index contributed by atoms with van der Waals surface area (Å²) >= 11 is 5.84. The third-order valence-corrected chi connectivity index (χ3v) is 4.24. The lowest BCUT2D eigenvalue weighted by Crippen LogP contribution is -2.12. The summed E-state index contributed by atoms with van der Waals surface area (Å²) in [6, 6.07) is 21.5. The minimum atomic E-state index is -0.244. The van der Waals surface area contributed by atoms with Gasteiger partial charge in [-0.3, -0.25) is 9.59 Å². The monoisotopic (exact) mass is 390 g/mol. The molecule has 0 aliphatic rings. The van der Waals surface area contributed by atoms with Gasteiger partial charge in [-0.1, -0.05) is 41.4 Å². The molecule has 28 heavy (non-hydrogen) atoms. The van der Waals surface area contributed by atoms with Crippen molar-refractivity contribution in [2.45, 2.75) is 6.92 Å². The lowest BCUT2D eigenvalue weighted by Gasteiger charge is -2.07. The molecule has 0 aliphatic heterocycles. The summed E-state index contributed by atoms with van der Waals surface area (Å²) in [5, 5.41) is 6.27. The second kappa shape index (κ2) is 9.02. The SMILES string of the molecule is Cc1cccc(C(=O)Nc2ccc(NC(=O)/C=C/c3ccc(Cl)cc3)cc2)c1. The van der Waals surface area contributed by atoms with Crippen LogP contribution in [-0.4, -0.2) is 11.8 Å². The quantitative estimate of drug-likeness (QED) is 0.561. The summed E-state index contributed by atoms with van der Waals surface area (Å²) in [7, 11) is 0. The number of carbonyl (C=O) groups excluding carboxylic acids is 2. The molecule has 3 aromatic carbocycles. The molecule has 140 valence electrons. The van der Waals surface area contributed by atoms with Crippen LogP contribution in [0.1, 0.15) is 21.5 Å². The fourth-order valence-electron chi connectivity index (χ4n) is 2.56. The molecule has 0 fully saturated rings. The van der Waals surface area contributed by atoms with Crippen LogP contribution in [0, 0.1) is 6.92 Å². The van der Waals surface area contributed by atoms with Crippen molar-refractivity contribution in [2.24, 2.45) is 0 Å². The number of benzene rings is 3. The molecule has 5 heteroatoms. The Kier molecular flexibility index (Phi) is 6.25. The second-order valence-electron chi connectivity index (χ2n) is 6.28. The van der Waals surface area contributed by atoms with E-state index >= 15 is 0 Å². The van der Waals surface area contributed by atoms with Crippen molar-refractivity contribution in [1.82, 2.24) is 0 Å². The molecule has 2 N–H and O–H groups in total. The molecule has 4 nitrogen and oxygen atoms in total. The van der Waals surface area contributed by atoms with Gasteiger partial charge in [-0.25, -0.2) is 0 Å². The van der Waals surface area contributed by atoms with Gasteiger partial charge in [0, 0.05) is 28.0 Å². The lowest BCUT2D eigenvalue weighted by molar-refractivity contribution is -0.111. The molecule has 0 unspecified atom stereocenters. The standard InChI is InChI=1S/C23H19ClN2O2/c1-16-3-2-4-18(15-16)23(28)26-21-12-10-20(11-13-21)25-22(27)14-7-17-5-8-19(24)9-6-17/h2-15H,1H3,(H,25,27)(H,26,28)/b14-7+. The van der Waals surface area contributed by atoms with Crippen LogP contribution in [0.5, 0.6) is 0 Å². The summed E-state index contributed by atoms with van der Waals surface area (Å²) in [5.41, 5.74) is 3.80. The van der Waals surface area contributed by atoms with Gasteiger partial charge in [0.2, 0.25) is 5.91 Å².